The second-order valence-corrected chi connectivity index (χ2v) is 3.21. The normalized spacial score (nSPS) is 9.05. The number of rotatable bonds is 3. The number of phenolic OH excluding ortho intramolecular Hbond substituents is 2. The molecule has 0 aliphatic carbocycles. The van der Waals surface area contributed by atoms with Crippen LogP contribution in [-0.2, 0) is 0 Å². The molecule has 0 radical (unpaired) electrons. The summed E-state index contributed by atoms with van der Waals surface area (Å²) in [4.78, 5) is 27.5. The van der Waals surface area contributed by atoms with Crippen LogP contribution in [0.5, 0.6) is 11.5 Å². The smallest absolute Gasteiger partial charge is 1.00 e. The number of nitrogens with zero attached hydrogens (tertiary/aromatic N) is 3. The molecule has 0 heterocycles. The Hall–Kier alpha value is -0.690. The predicted octanol–water partition coefficient (Wildman–Crippen LogP) is -4.29. The summed E-state index contributed by atoms with van der Waals surface area (Å²) in [5.74, 6) is -3.11. The molecule has 0 bridgehead atoms. The quantitative estimate of drug-likeness (QED) is 0.319. The van der Waals surface area contributed by atoms with Crippen molar-refractivity contribution in [2.75, 3.05) is 0 Å². The maximum absolute atomic E-state index is 10.5. The summed E-state index contributed by atoms with van der Waals surface area (Å²) in [5, 5.41) is 48.9. The first-order chi connectivity index (χ1) is 8.20. The number of halogens is 1. The SMILES string of the molecule is O=[N+]([O-])c1c(O)c([N+](=O)[O-])c(Cl)c([N+](=O)[O-])c1O.[H-].[H-].[Na+].[Na+]. The van der Waals surface area contributed by atoms with E-state index < -0.39 is 48.4 Å². The monoisotopic (exact) mass is 327 g/mol. The van der Waals surface area contributed by atoms with Gasteiger partial charge in [0.2, 0.25) is 5.02 Å². The summed E-state index contributed by atoms with van der Waals surface area (Å²) in [6, 6.07) is 0. The fraction of sp³-hybridized carbons (Fsp3) is 0. The molecule has 14 heteroatoms. The van der Waals surface area contributed by atoms with Crippen molar-refractivity contribution in [3.63, 3.8) is 0 Å². The molecule has 0 unspecified atom stereocenters. The Kier molecular flexibility index (Phi) is 8.56. The zero-order valence-corrected chi connectivity index (χ0v) is 14.8. The van der Waals surface area contributed by atoms with Gasteiger partial charge in [-0.15, -0.1) is 0 Å². The molecular formula is C6H4ClN3Na2O8. The van der Waals surface area contributed by atoms with Gasteiger partial charge in [0.05, 0.1) is 14.8 Å². The van der Waals surface area contributed by atoms with Crippen molar-refractivity contribution >= 4 is 28.7 Å². The van der Waals surface area contributed by atoms with Gasteiger partial charge >= 0.3 is 76.2 Å². The summed E-state index contributed by atoms with van der Waals surface area (Å²) < 4.78 is 0. The topological polar surface area (TPSA) is 170 Å². The number of phenols is 2. The van der Waals surface area contributed by atoms with Gasteiger partial charge in [0.25, 0.3) is 11.5 Å². The molecule has 1 aromatic rings. The van der Waals surface area contributed by atoms with Gasteiger partial charge < -0.3 is 13.1 Å². The average molecular weight is 328 g/mol. The standard InChI is InChI=1S/C6H2ClN3O8.2Na.2H/c7-1-2(8(13)14)5(11)4(10(17)18)6(12)3(1)9(15)16;;;;/h11-12H;;;;/q;2*+1;2*-1. The minimum absolute atomic E-state index is 0. The largest absolute Gasteiger partial charge is 1.00 e. The second-order valence-electron chi connectivity index (χ2n) is 2.83. The molecule has 0 aromatic heterocycles. The van der Waals surface area contributed by atoms with Crippen LogP contribution in [0.2, 0.25) is 5.02 Å². The van der Waals surface area contributed by atoms with Crippen molar-refractivity contribution in [3.8, 4) is 11.5 Å². The van der Waals surface area contributed by atoms with Gasteiger partial charge in [0, 0.05) is 0 Å². The minimum atomic E-state index is -1.56. The average Bonchev–Trinajstić information content (AvgIpc) is 2.14. The molecule has 100 valence electrons. The van der Waals surface area contributed by atoms with Crippen LogP contribution < -0.4 is 59.1 Å². The third kappa shape index (κ3) is 3.69. The summed E-state index contributed by atoms with van der Waals surface area (Å²) in [5.41, 5.74) is -4.40. The molecule has 0 spiro atoms. The van der Waals surface area contributed by atoms with Crippen LogP contribution in [-0.4, -0.2) is 25.0 Å². The Bertz CT molecular complexity index is 502. The molecule has 1 aromatic carbocycles. The molecule has 0 fully saturated rings. The second kappa shape index (κ2) is 7.93. The molecule has 11 nitrogen and oxygen atoms in total. The number of benzene rings is 1. The van der Waals surface area contributed by atoms with E-state index in [2.05, 4.69) is 0 Å². The van der Waals surface area contributed by atoms with E-state index in [4.69, 9.17) is 11.6 Å². The van der Waals surface area contributed by atoms with Crippen molar-refractivity contribution < 1.29 is 87.0 Å². The van der Waals surface area contributed by atoms with E-state index in [-0.39, 0.29) is 62.0 Å². The number of nitro benzene ring substituents is 3. The van der Waals surface area contributed by atoms with Gasteiger partial charge in [-0.2, -0.15) is 0 Å². The first kappa shape index (κ1) is 21.6. The Morgan fingerprint density at radius 2 is 1.05 bits per heavy atom. The fourth-order valence-corrected chi connectivity index (χ4v) is 1.48. The van der Waals surface area contributed by atoms with E-state index >= 15 is 0 Å². The van der Waals surface area contributed by atoms with Crippen molar-refractivity contribution in [1.29, 1.82) is 0 Å². The van der Waals surface area contributed by atoms with E-state index in [1.165, 1.54) is 0 Å². The molecule has 0 atom stereocenters. The van der Waals surface area contributed by atoms with Crippen LogP contribution in [0.25, 0.3) is 0 Å². The third-order valence-electron chi connectivity index (χ3n) is 1.86. The van der Waals surface area contributed by atoms with Crippen LogP contribution in [0.1, 0.15) is 2.85 Å². The van der Waals surface area contributed by atoms with Crippen molar-refractivity contribution in [1.82, 2.24) is 0 Å². The van der Waals surface area contributed by atoms with Crippen LogP contribution >= 0.6 is 11.6 Å². The summed E-state index contributed by atoms with van der Waals surface area (Å²) in [7, 11) is 0. The molecule has 0 aliphatic rings. The number of aromatic hydroxyl groups is 2. The van der Waals surface area contributed by atoms with E-state index in [1.807, 2.05) is 0 Å². The minimum Gasteiger partial charge on any atom is -1.00 e. The van der Waals surface area contributed by atoms with E-state index in [0.29, 0.717) is 0 Å². The Morgan fingerprint density at radius 1 is 0.800 bits per heavy atom. The molecule has 0 amide bonds. The zero-order chi connectivity index (χ0) is 14.2. The number of hydrogen-bond acceptors (Lipinski definition) is 8. The van der Waals surface area contributed by atoms with Crippen LogP contribution in [0.3, 0.4) is 0 Å². The molecule has 0 saturated carbocycles. The molecular weight excluding hydrogens is 324 g/mol. The van der Waals surface area contributed by atoms with Gasteiger partial charge in [-0.25, -0.2) is 0 Å². The number of nitro groups is 3. The Labute approximate surface area is 161 Å². The maximum Gasteiger partial charge on any atom is 1.00 e. The Balaban J connectivity index is -0.000000405. The molecule has 2 N–H and O–H groups in total. The third-order valence-corrected chi connectivity index (χ3v) is 2.22. The molecule has 0 saturated heterocycles. The van der Waals surface area contributed by atoms with Gasteiger partial charge in [0.15, 0.2) is 0 Å². The van der Waals surface area contributed by atoms with Gasteiger partial charge in [0.1, 0.15) is 0 Å². The van der Waals surface area contributed by atoms with Crippen molar-refractivity contribution in [2.24, 2.45) is 0 Å². The first-order valence-electron chi connectivity index (χ1n) is 3.90. The Morgan fingerprint density at radius 3 is 1.25 bits per heavy atom. The van der Waals surface area contributed by atoms with Crippen molar-refractivity contribution in [3.05, 3.63) is 35.4 Å². The summed E-state index contributed by atoms with van der Waals surface area (Å²) in [6.07, 6.45) is 0. The van der Waals surface area contributed by atoms with Crippen LogP contribution in [0, 0.1) is 30.3 Å². The summed E-state index contributed by atoms with van der Waals surface area (Å²) >= 11 is 5.26. The van der Waals surface area contributed by atoms with Crippen LogP contribution in [0.4, 0.5) is 17.1 Å². The number of hydrogen-bond donors (Lipinski definition) is 2. The van der Waals surface area contributed by atoms with Gasteiger partial charge in [-0.3, -0.25) is 30.3 Å². The zero-order valence-electron chi connectivity index (χ0n) is 12.1. The first-order valence-corrected chi connectivity index (χ1v) is 4.28. The molecule has 0 aliphatic heterocycles. The van der Waals surface area contributed by atoms with Gasteiger partial charge in [-0.05, 0) is 0 Å². The fourth-order valence-electron chi connectivity index (χ4n) is 1.16. The summed E-state index contributed by atoms with van der Waals surface area (Å²) in [6.45, 7) is 0. The van der Waals surface area contributed by atoms with E-state index in [9.17, 15) is 40.6 Å². The van der Waals surface area contributed by atoms with E-state index in [1.54, 1.807) is 0 Å². The molecule has 20 heavy (non-hydrogen) atoms. The van der Waals surface area contributed by atoms with Crippen molar-refractivity contribution in [2.45, 2.75) is 0 Å². The van der Waals surface area contributed by atoms with Gasteiger partial charge in [-0.1, -0.05) is 11.6 Å². The van der Waals surface area contributed by atoms with Crippen LogP contribution in [0.15, 0.2) is 0 Å². The predicted molar refractivity (Wildman–Crippen MR) is 57.0 cm³/mol. The maximum atomic E-state index is 10.5. The molecule has 1 rings (SSSR count). The van der Waals surface area contributed by atoms with E-state index in [0.717, 1.165) is 0 Å².